The number of pyridine rings is 1. The molecule has 0 aliphatic carbocycles. The minimum Gasteiger partial charge on any atom is -0.467 e. The van der Waals surface area contributed by atoms with Crippen LogP contribution in [0.25, 0.3) is 0 Å². The van der Waals surface area contributed by atoms with Crippen molar-refractivity contribution >= 4 is 29.8 Å². The summed E-state index contributed by atoms with van der Waals surface area (Å²) in [4.78, 5) is 10.8. The molecule has 5 nitrogen and oxygen atoms in total. The number of rotatable bonds is 4. The van der Waals surface area contributed by atoms with Crippen molar-refractivity contribution in [1.82, 2.24) is 9.88 Å². The average molecular weight is 352 g/mol. The first-order valence-corrected chi connectivity index (χ1v) is 8.55. The number of aliphatic imine (C=N–C) groups is 1. The number of allylic oxidation sites excluding steroid dienone is 2. The van der Waals surface area contributed by atoms with Crippen LogP contribution in [0.15, 0.2) is 45.5 Å². The highest BCUT2D eigenvalue weighted by Crippen LogP contribution is 2.39. The lowest BCUT2D eigenvalue weighted by Crippen LogP contribution is -2.23. The van der Waals surface area contributed by atoms with Gasteiger partial charge >= 0.3 is 0 Å². The highest BCUT2D eigenvalue weighted by Gasteiger charge is 2.31. The van der Waals surface area contributed by atoms with Crippen molar-refractivity contribution in [3.05, 3.63) is 51.8 Å². The molecule has 3 heterocycles. The summed E-state index contributed by atoms with van der Waals surface area (Å²) in [6.45, 7) is 2.39. The number of nitrogens with zero attached hydrogens (tertiary/aromatic N) is 3. The third-order valence-electron chi connectivity index (χ3n) is 3.66. The average Bonchev–Trinajstić information content (AvgIpc) is 2.98. The normalized spacial score (nSPS) is 25.0. The Morgan fingerprint density at radius 2 is 2.26 bits per heavy atom. The zero-order valence-corrected chi connectivity index (χ0v) is 14.5. The fourth-order valence-corrected chi connectivity index (χ4v) is 3.71. The third kappa shape index (κ3) is 3.71. The molecule has 2 aliphatic rings. The fraction of sp³-hybridized carbons (Fsp3) is 0.375. The molecule has 3 atom stereocenters. The maximum Gasteiger partial charge on any atom is 0.177 e. The molecule has 0 bridgehead atoms. The van der Waals surface area contributed by atoms with Crippen LogP contribution in [0.4, 0.5) is 0 Å². The summed E-state index contributed by atoms with van der Waals surface area (Å²) in [6, 6.07) is 3.64. The molecule has 0 aromatic carbocycles. The topological polar surface area (TPSA) is 58.0 Å². The van der Waals surface area contributed by atoms with Gasteiger partial charge in [-0.15, -0.1) is 0 Å². The lowest BCUT2D eigenvalue weighted by Gasteiger charge is -2.27. The van der Waals surface area contributed by atoms with Crippen LogP contribution in [0, 0.1) is 0 Å². The Kier molecular flexibility index (Phi) is 4.94. The predicted molar refractivity (Wildman–Crippen MR) is 93.2 cm³/mol. The van der Waals surface area contributed by atoms with Gasteiger partial charge in [0.1, 0.15) is 6.04 Å². The highest BCUT2D eigenvalue weighted by molar-refractivity contribution is 8.03. The van der Waals surface area contributed by atoms with Crippen molar-refractivity contribution in [3.8, 4) is 0 Å². The van der Waals surface area contributed by atoms with E-state index in [9.17, 15) is 5.11 Å². The quantitative estimate of drug-likeness (QED) is 0.902. The number of hydrogen-bond acceptors (Lipinski definition) is 6. The molecule has 1 aromatic rings. The Morgan fingerprint density at radius 3 is 2.91 bits per heavy atom. The zero-order chi connectivity index (χ0) is 16.4. The second-order valence-electron chi connectivity index (χ2n) is 5.49. The van der Waals surface area contributed by atoms with Crippen molar-refractivity contribution in [3.63, 3.8) is 0 Å². The Morgan fingerprint density at radius 1 is 1.43 bits per heavy atom. The monoisotopic (exact) mass is 351 g/mol. The second kappa shape index (κ2) is 6.95. The van der Waals surface area contributed by atoms with Crippen LogP contribution in [0.1, 0.15) is 30.3 Å². The van der Waals surface area contributed by atoms with Crippen molar-refractivity contribution in [2.75, 3.05) is 13.6 Å². The van der Waals surface area contributed by atoms with Gasteiger partial charge in [0.15, 0.2) is 11.8 Å². The van der Waals surface area contributed by atoms with Crippen LogP contribution in [-0.2, 0) is 4.74 Å². The summed E-state index contributed by atoms with van der Waals surface area (Å²) in [5, 5.41) is 11.4. The number of hydrogen-bond donors (Lipinski definition) is 1. The predicted octanol–water partition coefficient (Wildman–Crippen LogP) is 3.20. The number of aliphatic hydroxyl groups is 1. The molecule has 3 rings (SSSR count). The first-order chi connectivity index (χ1) is 11.0. The highest BCUT2D eigenvalue weighted by atomic mass is 35.5. The van der Waals surface area contributed by atoms with E-state index < -0.39 is 6.10 Å². The molecule has 0 saturated heterocycles. The minimum atomic E-state index is -0.574. The van der Waals surface area contributed by atoms with Gasteiger partial charge in [0.05, 0.1) is 23.4 Å². The van der Waals surface area contributed by atoms with E-state index in [0.717, 1.165) is 15.6 Å². The second-order valence-corrected chi connectivity index (χ2v) is 7.09. The number of thioether (sulfide) groups is 1. The van der Waals surface area contributed by atoms with Crippen molar-refractivity contribution in [2.24, 2.45) is 4.99 Å². The summed E-state index contributed by atoms with van der Waals surface area (Å²) in [6.07, 6.45) is 6.58. The Bertz CT molecular complexity index is 658. The number of ether oxygens (including phenoxy) is 1. The molecule has 7 heteroatoms. The van der Waals surface area contributed by atoms with Crippen molar-refractivity contribution in [2.45, 2.75) is 24.5 Å². The number of likely N-dealkylation sites (N-methyl/N-ethyl adjacent to an activating group) is 1. The van der Waals surface area contributed by atoms with E-state index in [-0.39, 0.29) is 11.5 Å². The van der Waals surface area contributed by atoms with Gasteiger partial charge < -0.3 is 14.7 Å². The van der Waals surface area contributed by atoms with Crippen molar-refractivity contribution < 1.29 is 9.84 Å². The van der Waals surface area contributed by atoms with Gasteiger partial charge in [-0.2, -0.15) is 0 Å². The molecule has 122 valence electrons. The summed E-state index contributed by atoms with van der Waals surface area (Å²) < 4.78 is 5.65. The van der Waals surface area contributed by atoms with Crippen molar-refractivity contribution in [1.29, 1.82) is 0 Å². The van der Waals surface area contributed by atoms with Crippen LogP contribution >= 0.6 is 23.4 Å². The Labute approximate surface area is 144 Å². The first kappa shape index (κ1) is 16.4. The summed E-state index contributed by atoms with van der Waals surface area (Å²) in [5.41, 5.74) is 1.47. The van der Waals surface area contributed by atoms with Crippen LogP contribution in [-0.4, -0.2) is 40.4 Å². The first-order valence-electron chi connectivity index (χ1n) is 7.30. The van der Waals surface area contributed by atoms with E-state index in [2.05, 4.69) is 14.9 Å². The molecule has 0 amide bonds. The molecular formula is C16H18ClN3O2S. The summed E-state index contributed by atoms with van der Waals surface area (Å²) in [5.74, 6) is 0. The van der Waals surface area contributed by atoms with Crippen LogP contribution in [0.2, 0.25) is 0 Å². The van der Waals surface area contributed by atoms with Gasteiger partial charge in [-0.1, -0.05) is 29.4 Å². The molecule has 0 saturated carbocycles. The number of aliphatic hydroxyl groups excluding tert-OH is 1. The summed E-state index contributed by atoms with van der Waals surface area (Å²) >= 11 is 7.65. The summed E-state index contributed by atoms with van der Waals surface area (Å²) in [7, 11) is 2.00. The van der Waals surface area contributed by atoms with E-state index >= 15 is 0 Å². The zero-order valence-electron chi connectivity index (χ0n) is 12.9. The molecule has 2 aliphatic heterocycles. The maximum atomic E-state index is 9.55. The molecule has 23 heavy (non-hydrogen) atoms. The van der Waals surface area contributed by atoms with Gasteiger partial charge in [-0.3, -0.25) is 4.98 Å². The Balaban J connectivity index is 1.74. The molecule has 0 radical (unpaired) electrons. The van der Waals surface area contributed by atoms with E-state index in [1.54, 1.807) is 24.9 Å². The van der Waals surface area contributed by atoms with E-state index in [4.69, 9.17) is 16.3 Å². The van der Waals surface area contributed by atoms with Crippen LogP contribution in [0.3, 0.4) is 0 Å². The maximum absolute atomic E-state index is 9.55. The largest absolute Gasteiger partial charge is 0.467 e. The van der Waals surface area contributed by atoms with E-state index in [1.807, 2.05) is 31.3 Å². The van der Waals surface area contributed by atoms with Gasteiger partial charge in [0.2, 0.25) is 0 Å². The third-order valence-corrected chi connectivity index (χ3v) is 5.20. The SMILES string of the molecule is CC(O)c1ccc(C2N=COC2SC2=CC=C(Cl)CN2C)cn1. The number of aromatic nitrogens is 1. The molecule has 3 unspecified atom stereocenters. The smallest absolute Gasteiger partial charge is 0.177 e. The van der Waals surface area contributed by atoms with Crippen LogP contribution < -0.4 is 0 Å². The minimum absolute atomic E-state index is 0.119. The van der Waals surface area contributed by atoms with Gasteiger partial charge in [0.25, 0.3) is 0 Å². The fourth-order valence-electron chi connectivity index (χ4n) is 2.37. The molecule has 0 spiro atoms. The Hall–Kier alpha value is -1.50. The molecule has 1 aromatic heterocycles. The van der Waals surface area contributed by atoms with E-state index in [1.165, 1.54) is 6.40 Å². The van der Waals surface area contributed by atoms with E-state index in [0.29, 0.717) is 12.2 Å². The standard InChI is InChI=1S/C16H18ClN3O2S/c1-10(21)13-5-3-11(7-18-13)15-16(22-9-19-15)23-14-6-4-12(17)8-20(14)2/h3-7,9-10,15-16,21H,8H2,1-2H3. The van der Waals surface area contributed by atoms with Gasteiger partial charge in [0, 0.05) is 18.3 Å². The molecule has 1 N–H and O–H groups in total. The van der Waals surface area contributed by atoms with Crippen LogP contribution in [0.5, 0.6) is 0 Å². The molecule has 0 fully saturated rings. The number of halogens is 1. The lowest BCUT2D eigenvalue weighted by molar-refractivity contribution is 0.194. The lowest BCUT2D eigenvalue weighted by atomic mass is 10.1. The van der Waals surface area contributed by atoms with Gasteiger partial charge in [-0.25, -0.2) is 4.99 Å². The van der Waals surface area contributed by atoms with Gasteiger partial charge in [-0.05, 0) is 30.7 Å². The molecular weight excluding hydrogens is 334 g/mol.